The van der Waals surface area contributed by atoms with E-state index in [-0.39, 0.29) is 11.4 Å². The molecule has 0 aliphatic heterocycles. The molecule has 8 nitrogen and oxygen atoms in total. The summed E-state index contributed by atoms with van der Waals surface area (Å²) in [6, 6.07) is 29.8. The molecule has 0 spiro atoms. The molecule has 40 heavy (non-hydrogen) atoms. The highest BCUT2D eigenvalue weighted by atomic mass is 16.5. The van der Waals surface area contributed by atoms with Crippen LogP contribution in [-0.4, -0.2) is 30.1 Å². The minimum absolute atomic E-state index is 0.257. The van der Waals surface area contributed by atoms with E-state index in [0.717, 1.165) is 10.9 Å². The second kappa shape index (κ2) is 10.8. The van der Waals surface area contributed by atoms with Gasteiger partial charge in [0.25, 0.3) is 5.56 Å². The van der Waals surface area contributed by atoms with Crippen LogP contribution in [0, 0.1) is 0 Å². The molecule has 0 radical (unpaired) electrons. The van der Waals surface area contributed by atoms with Crippen molar-refractivity contribution in [3.8, 4) is 28.8 Å². The molecule has 2 heterocycles. The lowest BCUT2D eigenvalue weighted by molar-refractivity contribution is 0.284. The van der Waals surface area contributed by atoms with E-state index in [9.17, 15) is 4.79 Å². The Kier molecular flexibility index (Phi) is 6.72. The summed E-state index contributed by atoms with van der Waals surface area (Å²) in [5, 5.41) is 5.80. The fraction of sp³-hybridized carbons (Fsp3) is 0.0938. The summed E-state index contributed by atoms with van der Waals surface area (Å²) in [5.74, 6) is 2.35. The lowest BCUT2D eigenvalue weighted by Gasteiger charge is -2.13. The third kappa shape index (κ3) is 4.67. The first-order valence-corrected chi connectivity index (χ1v) is 12.6. The van der Waals surface area contributed by atoms with E-state index in [4.69, 9.17) is 23.6 Å². The van der Waals surface area contributed by atoms with Crippen LogP contribution in [0.5, 0.6) is 17.2 Å². The molecular weight excluding hydrogens is 506 g/mol. The molecule has 0 aliphatic carbocycles. The number of methoxy groups -OCH3 is 2. The standard InChI is InChI=1S/C32H25N3O5/c1-37-26-15-9-16-27-24(26)18-29(40-27)31-34-25-14-7-6-13-23(25)32(36)35(31)33-19-22-12-8-17-28(38-2)30(22)39-20-21-10-4-3-5-11-21/h3-19H,20H2,1-2H3. The predicted octanol–water partition coefficient (Wildman–Crippen LogP) is 6.29. The molecule has 6 aromatic rings. The summed E-state index contributed by atoms with van der Waals surface area (Å²) in [6.45, 7) is 0.339. The number of furan rings is 1. The van der Waals surface area contributed by atoms with Crippen molar-refractivity contribution in [1.29, 1.82) is 0 Å². The summed E-state index contributed by atoms with van der Waals surface area (Å²) in [6.07, 6.45) is 1.56. The van der Waals surface area contributed by atoms with Crippen molar-refractivity contribution in [2.24, 2.45) is 5.10 Å². The molecule has 198 valence electrons. The van der Waals surface area contributed by atoms with E-state index >= 15 is 0 Å². The van der Waals surface area contributed by atoms with Gasteiger partial charge in [-0.3, -0.25) is 4.79 Å². The van der Waals surface area contributed by atoms with Crippen LogP contribution in [0.2, 0.25) is 0 Å². The van der Waals surface area contributed by atoms with Crippen LogP contribution in [-0.2, 0) is 6.61 Å². The minimum atomic E-state index is -0.334. The van der Waals surface area contributed by atoms with E-state index in [2.05, 4.69) is 5.10 Å². The van der Waals surface area contributed by atoms with Crippen molar-refractivity contribution >= 4 is 28.1 Å². The van der Waals surface area contributed by atoms with Crippen molar-refractivity contribution in [2.45, 2.75) is 6.61 Å². The normalized spacial score (nSPS) is 11.3. The summed E-state index contributed by atoms with van der Waals surface area (Å²) < 4.78 is 24.6. The minimum Gasteiger partial charge on any atom is -0.496 e. The second-order valence-electron chi connectivity index (χ2n) is 8.95. The number of ether oxygens (including phenoxy) is 3. The van der Waals surface area contributed by atoms with Gasteiger partial charge in [-0.15, -0.1) is 0 Å². The first-order chi connectivity index (χ1) is 19.7. The van der Waals surface area contributed by atoms with Gasteiger partial charge in [0, 0.05) is 5.56 Å². The zero-order chi connectivity index (χ0) is 27.5. The van der Waals surface area contributed by atoms with Crippen molar-refractivity contribution in [3.63, 3.8) is 0 Å². The highest BCUT2D eigenvalue weighted by molar-refractivity contribution is 5.89. The summed E-state index contributed by atoms with van der Waals surface area (Å²) in [4.78, 5) is 18.4. The average Bonchev–Trinajstić information content (AvgIpc) is 3.44. The van der Waals surface area contributed by atoms with Crippen LogP contribution in [0.4, 0.5) is 0 Å². The van der Waals surface area contributed by atoms with E-state index in [1.54, 1.807) is 44.7 Å². The Hall–Kier alpha value is -5.37. The number of aromatic nitrogens is 2. The second-order valence-corrected chi connectivity index (χ2v) is 8.95. The lowest BCUT2D eigenvalue weighted by Crippen LogP contribution is -2.20. The van der Waals surface area contributed by atoms with Crippen LogP contribution in [0.15, 0.2) is 111 Å². The number of nitrogens with zero attached hydrogens (tertiary/aromatic N) is 3. The molecule has 0 saturated heterocycles. The van der Waals surface area contributed by atoms with E-state index in [1.165, 1.54) is 4.68 Å². The van der Waals surface area contributed by atoms with Gasteiger partial charge in [-0.25, -0.2) is 4.98 Å². The number of hydrogen-bond donors (Lipinski definition) is 0. The van der Waals surface area contributed by atoms with Gasteiger partial charge >= 0.3 is 0 Å². The van der Waals surface area contributed by atoms with Crippen molar-refractivity contribution in [2.75, 3.05) is 14.2 Å². The maximum atomic E-state index is 13.7. The largest absolute Gasteiger partial charge is 0.496 e. The molecular formula is C32H25N3O5. The van der Waals surface area contributed by atoms with Gasteiger partial charge in [0.15, 0.2) is 17.3 Å². The van der Waals surface area contributed by atoms with Crippen LogP contribution in [0.3, 0.4) is 0 Å². The maximum absolute atomic E-state index is 13.7. The maximum Gasteiger partial charge on any atom is 0.282 e. The quantitative estimate of drug-likeness (QED) is 0.215. The molecule has 0 saturated carbocycles. The molecule has 0 bridgehead atoms. The average molecular weight is 532 g/mol. The Balaban J connectivity index is 1.48. The predicted molar refractivity (Wildman–Crippen MR) is 155 cm³/mol. The van der Waals surface area contributed by atoms with Crippen molar-refractivity contribution in [3.05, 3.63) is 119 Å². The number of benzene rings is 4. The Morgan fingerprint density at radius 1 is 0.850 bits per heavy atom. The van der Waals surface area contributed by atoms with Crippen molar-refractivity contribution in [1.82, 2.24) is 9.66 Å². The van der Waals surface area contributed by atoms with Crippen molar-refractivity contribution < 1.29 is 18.6 Å². The fourth-order valence-corrected chi connectivity index (χ4v) is 4.51. The molecule has 0 fully saturated rings. The van der Waals surface area contributed by atoms with Gasteiger partial charge < -0.3 is 18.6 Å². The first kappa shape index (κ1) is 24.9. The molecule has 8 heteroatoms. The fourth-order valence-electron chi connectivity index (χ4n) is 4.51. The van der Waals surface area contributed by atoms with E-state index in [1.807, 2.05) is 72.8 Å². The number of para-hydroxylation sites is 2. The topological polar surface area (TPSA) is 88.1 Å². The van der Waals surface area contributed by atoms with Gasteiger partial charge in [-0.05, 0) is 48.0 Å². The number of rotatable bonds is 8. The molecule has 0 unspecified atom stereocenters. The lowest BCUT2D eigenvalue weighted by atomic mass is 10.2. The van der Waals surface area contributed by atoms with E-state index < -0.39 is 0 Å². The molecule has 4 aromatic carbocycles. The van der Waals surface area contributed by atoms with Crippen LogP contribution in [0.1, 0.15) is 11.1 Å². The molecule has 2 aromatic heterocycles. The summed E-state index contributed by atoms with van der Waals surface area (Å²) in [5.41, 5.74) is 2.45. The highest BCUT2D eigenvalue weighted by Crippen LogP contribution is 2.33. The van der Waals surface area contributed by atoms with Gasteiger partial charge in [0.2, 0.25) is 5.82 Å². The third-order valence-electron chi connectivity index (χ3n) is 6.48. The monoisotopic (exact) mass is 531 g/mol. The molecule has 0 amide bonds. The first-order valence-electron chi connectivity index (χ1n) is 12.6. The van der Waals surface area contributed by atoms with Gasteiger partial charge in [-0.1, -0.05) is 54.6 Å². The zero-order valence-electron chi connectivity index (χ0n) is 21.9. The Bertz CT molecular complexity index is 1910. The molecule has 0 atom stereocenters. The summed E-state index contributed by atoms with van der Waals surface area (Å²) >= 11 is 0. The Morgan fingerprint density at radius 3 is 2.42 bits per heavy atom. The Morgan fingerprint density at radius 2 is 1.60 bits per heavy atom. The van der Waals surface area contributed by atoms with Gasteiger partial charge in [-0.2, -0.15) is 9.78 Å². The Labute approximate surface area is 229 Å². The number of fused-ring (bicyclic) bond motifs is 2. The molecule has 0 N–H and O–H groups in total. The zero-order valence-corrected chi connectivity index (χ0v) is 21.9. The SMILES string of the molecule is COc1cccc(C=Nn2c(-c3cc4c(OC)cccc4o3)nc3ccccc3c2=O)c1OCc1ccccc1. The molecule has 0 aliphatic rings. The highest BCUT2D eigenvalue weighted by Gasteiger charge is 2.18. The van der Waals surface area contributed by atoms with Gasteiger partial charge in [0.1, 0.15) is 17.9 Å². The van der Waals surface area contributed by atoms with E-state index in [0.29, 0.717) is 51.7 Å². The van der Waals surface area contributed by atoms with Crippen LogP contribution < -0.4 is 19.8 Å². The smallest absolute Gasteiger partial charge is 0.282 e. The summed E-state index contributed by atoms with van der Waals surface area (Å²) in [7, 11) is 3.18. The molecule has 6 rings (SSSR count). The third-order valence-corrected chi connectivity index (χ3v) is 6.48. The van der Waals surface area contributed by atoms with Crippen LogP contribution in [0.25, 0.3) is 33.5 Å². The van der Waals surface area contributed by atoms with Gasteiger partial charge in [0.05, 0.1) is 36.7 Å². The van der Waals surface area contributed by atoms with Crippen LogP contribution >= 0.6 is 0 Å². The number of hydrogen-bond acceptors (Lipinski definition) is 7.